The van der Waals surface area contributed by atoms with Crippen LogP contribution in [0, 0.1) is 13.8 Å². The Hall–Kier alpha value is -6.17. The first-order valence-corrected chi connectivity index (χ1v) is 24.6. The van der Waals surface area contributed by atoms with Crippen LogP contribution >= 0.6 is 22.7 Å². The van der Waals surface area contributed by atoms with Gasteiger partial charge in [-0.05, 0) is 37.1 Å². The SMILES string of the molecule is Cc1cc(C(F)(F)F)nn1CC(C(=O)C(Cn1nc(C(F)(F)F)cc1C)N1CCN(c2nc(C3=NOC(c4ccccc4)C3)cs2)CC1)N1CCN(c2nc(C3=NOC(c4ccccc4)C3)cs2)CC1. The van der Waals surface area contributed by atoms with Gasteiger partial charge in [-0.15, -0.1) is 22.7 Å². The summed E-state index contributed by atoms with van der Waals surface area (Å²) in [5.41, 5.74) is 3.17. The number of carbonyl (C=O) groups is 1. The fraction of sp³-hybridized carbons (Fsp3) is 0.426. The number of halogens is 6. The number of hydrogen-bond acceptors (Lipinski definition) is 15. The van der Waals surface area contributed by atoms with Gasteiger partial charge in [-0.25, -0.2) is 9.97 Å². The van der Waals surface area contributed by atoms with E-state index in [0.717, 1.165) is 44.9 Å². The van der Waals surface area contributed by atoms with Crippen molar-refractivity contribution in [2.75, 3.05) is 62.2 Å². The zero-order valence-electron chi connectivity index (χ0n) is 38.1. The number of thiazole rings is 2. The highest BCUT2D eigenvalue weighted by atomic mass is 32.1. The van der Waals surface area contributed by atoms with Crippen LogP contribution in [0.25, 0.3) is 0 Å². The zero-order chi connectivity index (χ0) is 48.7. The molecule has 0 saturated carbocycles. The number of nitrogens with zero attached hydrogens (tertiary/aromatic N) is 12. The zero-order valence-corrected chi connectivity index (χ0v) is 39.7. The number of ketones is 1. The molecule has 0 spiro atoms. The molecular weight excluding hydrogens is 959 g/mol. The first-order valence-electron chi connectivity index (χ1n) is 22.9. The second-order valence-electron chi connectivity index (χ2n) is 17.7. The number of hydrogen-bond donors (Lipinski definition) is 0. The molecule has 4 aliphatic heterocycles. The predicted octanol–water partition coefficient (Wildman–Crippen LogP) is 8.03. The molecule has 70 heavy (non-hydrogen) atoms. The summed E-state index contributed by atoms with van der Waals surface area (Å²) in [4.78, 5) is 44.8. The van der Waals surface area contributed by atoms with Gasteiger partial charge in [0.15, 0.2) is 39.6 Å². The Balaban J connectivity index is 0.877. The Morgan fingerprint density at radius 1 is 0.614 bits per heavy atom. The van der Waals surface area contributed by atoms with E-state index in [1.165, 1.54) is 45.9 Å². The molecule has 4 aromatic heterocycles. The van der Waals surface area contributed by atoms with Crippen LogP contribution in [0.3, 0.4) is 0 Å². The molecule has 8 heterocycles. The van der Waals surface area contributed by atoms with Crippen LogP contribution < -0.4 is 9.80 Å². The van der Waals surface area contributed by atoms with E-state index in [2.05, 4.69) is 30.3 Å². The van der Waals surface area contributed by atoms with Gasteiger partial charge < -0.3 is 19.5 Å². The summed E-state index contributed by atoms with van der Waals surface area (Å²) >= 11 is 2.91. The molecular formula is C47H48F6N12O3S2. The molecule has 0 radical (unpaired) electrons. The van der Waals surface area contributed by atoms with Gasteiger partial charge in [-0.1, -0.05) is 71.0 Å². The Morgan fingerprint density at radius 3 is 1.36 bits per heavy atom. The molecule has 0 bridgehead atoms. The van der Waals surface area contributed by atoms with Gasteiger partial charge in [0.1, 0.15) is 22.8 Å². The standard InChI is InChI=1S/C47H48F6N12O3S2/c1-29-21-41(46(48,49)50)56-64(29)25-37(60-13-17-62(18-14-60)44-54-35(27-69-44)33-23-39(67-58-33)31-9-5-3-6-10-31)43(66)38(26-65-30(2)22-42(57-65)47(51,52)53)61-15-19-63(20-16-61)45-55-36(28-70-45)34-24-40(68-59-34)32-11-7-4-8-12-32/h3-12,21-22,27-28,37-40H,13-20,23-26H2,1-2H3. The molecule has 10 rings (SSSR count). The van der Waals surface area contributed by atoms with Gasteiger partial charge >= 0.3 is 12.4 Å². The summed E-state index contributed by atoms with van der Waals surface area (Å²) in [6.07, 6.45) is -8.74. The number of aryl methyl sites for hydroxylation is 2. The van der Waals surface area contributed by atoms with Crippen molar-refractivity contribution in [2.45, 2.75) is 76.4 Å². The number of rotatable bonds is 14. The van der Waals surface area contributed by atoms with Crippen LogP contribution in [0.2, 0.25) is 0 Å². The summed E-state index contributed by atoms with van der Waals surface area (Å²) < 4.78 is 86.4. The minimum atomic E-state index is -4.72. The molecule has 0 aliphatic carbocycles. The molecule has 2 fully saturated rings. The van der Waals surface area contributed by atoms with Crippen molar-refractivity contribution in [1.29, 1.82) is 0 Å². The number of anilines is 2. The fourth-order valence-corrected chi connectivity index (χ4v) is 11.0. The third-order valence-electron chi connectivity index (χ3n) is 13.2. The number of benzene rings is 2. The lowest BCUT2D eigenvalue weighted by Crippen LogP contribution is -2.61. The Morgan fingerprint density at radius 2 is 1.00 bits per heavy atom. The number of piperazine rings is 2. The number of oxime groups is 2. The molecule has 2 saturated heterocycles. The van der Waals surface area contributed by atoms with E-state index in [1.54, 1.807) is 0 Å². The quantitative estimate of drug-likeness (QED) is 0.0983. The van der Waals surface area contributed by atoms with E-state index in [9.17, 15) is 26.3 Å². The molecule has 6 aromatic rings. The lowest BCUT2D eigenvalue weighted by Gasteiger charge is -2.43. The smallest absolute Gasteiger partial charge is 0.387 e. The van der Waals surface area contributed by atoms with Crippen molar-refractivity contribution in [1.82, 2.24) is 39.3 Å². The number of alkyl halides is 6. The van der Waals surface area contributed by atoms with Gasteiger partial charge in [0, 0.05) is 87.3 Å². The van der Waals surface area contributed by atoms with Gasteiger partial charge in [0.2, 0.25) is 0 Å². The maximum atomic E-state index is 15.4. The van der Waals surface area contributed by atoms with Crippen molar-refractivity contribution < 1.29 is 40.8 Å². The summed E-state index contributed by atoms with van der Waals surface area (Å²) in [6, 6.07) is 19.5. The second kappa shape index (κ2) is 19.6. The minimum absolute atomic E-state index is 0.212. The molecule has 0 amide bonds. The first-order chi connectivity index (χ1) is 33.6. The lowest BCUT2D eigenvalue weighted by molar-refractivity contribution is -0.142. The molecule has 2 aromatic carbocycles. The van der Waals surface area contributed by atoms with Crippen molar-refractivity contribution in [3.05, 3.63) is 129 Å². The predicted molar refractivity (Wildman–Crippen MR) is 251 cm³/mol. The van der Waals surface area contributed by atoms with Crippen molar-refractivity contribution in [2.24, 2.45) is 10.3 Å². The second-order valence-corrected chi connectivity index (χ2v) is 19.4. The maximum absolute atomic E-state index is 15.4. The monoisotopic (exact) mass is 1010 g/mol. The van der Waals surface area contributed by atoms with Crippen LogP contribution in [0.4, 0.5) is 36.6 Å². The lowest BCUT2D eigenvalue weighted by atomic mass is 9.99. The number of carbonyl (C=O) groups excluding carboxylic acids is 1. The van der Waals surface area contributed by atoms with Gasteiger partial charge in [-0.3, -0.25) is 24.0 Å². The third kappa shape index (κ3) is 10.2. The van der Waals surface area contributed by atoms with E-state index in [-0.39, 0.29) is 42.5 Å². The molecule has 23 heteroatoms. The van der Waals surface area contributed by atoms with Gasteiger partial charge in [0.25, 0.3) is 0 Å². The van der Waals surface area contributed by atoms with E-state index in [0.29, 0.717) is 76.6 Å². The van der Waals surface area contributed by atoms with E-state index < -0.39 is 35.8 Å². The molecule has 368 valence electrons. The maximum Gasteiger partial charge on any atom is 0.435 e. The number of Topliss-reactive ketones (excluding diaryl/α,β-unsaturated/α-hetero) is 1. The summed E-state index contributed by atoms with van der Waals surface area (Å²) in [5.74, 6) is -0.360. The van der Waals surface area contributed by atoms with Crippen LogP contribution in [0.1, 0.15) is 70.3 Å². The highest BCUT2D eigenvalue weighted by molar-refractivity contribution is 7.14. The van der Waals surface area contributed by atoms with Crippen molar-refractivity contribution in [3.8, 4) is 0 Å². The van der Waals surface area contributed by atoms with E-state index in [1.807, 2.05) is 81.2 Å². The van der Waals surface area contributed by atoms with Crippen molar-refractivity contribution in [3.63, 3.8) is 0 Å². The summed E-state index contributed by atoms with van der Waals surface area (Å²) in [5, 5.41) is 21.8. The van der Waals surface area contributed by atoms with Crippen LogP contribution in [-0.2, 0) is 39.9 Å². The highest BCUT2D eigenvalue weighted by Crippen LogP contribution is 2.35. The van der Waals surface area contributed by atoms with Gasteiger partial charge in [0.05, 0.1) is 25.2 Å². The average Bonchev–Trinajstić information content (AvgIpc) is 4.23. The van der Waals surface area contributed by atoms with E-state index >= 15 is 4.79 Å². The van der Waals surface area contributed by atoms with E-state index in [4.69, 9.17) is 19.6 Å². The molecule has 4 aliphatic rings. The number of aromatic nitrogens is 6. The first kappa shape index (κ1) is 47.5. The largest absolute Gasteiger partial charge is 0.435 e. The molecule has 4 atom stereocenters. The molecule has 0 N–H and O–H groups in total. The van der Waals surface area contributed by atoms with Crippen LogP contribution in [-0.4, -0.2) is 121 Å². The Bertz CT molecular complexity index is 2660. The minimum Gasteiger partial charge on any atom is -0.387 e. The van der Waals surface area contributed by atoms with Crippen LogP contribution in [0.5, 0.6) is 0 Å². The third-order valence-corrected chi connectivity index (χ3v) is 15.0. The Labute approximate surface area is 406 Å². The Kier molecular flexibility index (Phi) is 13.3. The average molecular weight is 1010 g/mol. The fourth-order valence-electron chi connectivity index (χ4n) is 9.27. The molecule has 15 nitrogen and oxygen atoms in total. The normalized spacial score (nSPS) is 20.3. The van der Waals surface area contributed by atoms with Crippen molar-refractivity contribution >= 4 is 50.1 Å². The molecule has 4 unspecified atom stereocenters. The van der Waals surface area contributed by atoms with Crippen LogP contribution in [0.15, 0.2) is 93.9 Å². The summed E-state index contributed by atoms with van der Waals surface area (Å²) in [6.45, 7) is 5.70. The summed E-state index contributed by atoms with van der Waals surface area (Å²) in [7, 11) is 0. The topological polar surface area (TPSA) is 135 Å². The highest BCUT2D eigenvalue weighted by Gasteiger charge is 2.42. The van der Waals surface area contributed by atoms with Gasteiger partial charge in [-0.2, -0.15) is 36.5 Å².